The fourth-order valence-corrected chi connectivity index (χ4v) is 1.73. The van der Waals surface area contributed by atoms with E-state index in [1.807, 2.05) is 0 Å². The van der Waals surface area contributed by atoms with E-state index in [1.54, 1.807) is 0 Å². The molecule has 1 aliphatic rings. The van der Waals surface area contributed by atoms with Crippen molar-refractivity contribution in [1.29, 1.82) is 0 Å². The monoisotopic (exact) mass is 183 g/mol. The van der Waals surface area contributed by atoms with Crippen molar-refractivity contribution >= 4 is 0 Å². The lowest BCUT2D eigenvalue weighted by atomic mass is 10.1. The maximum absolute atomic E-state index is 2.49. The van der Waals surface area contributed by atoms with E-state index in [1.165, 1.54) is 45.1 Å². The second-order valence-electron chi connectivity index (χ2n) is 4.68. The van der Waals surface area contributed by atoms with Crippen LogP contribution in [0.15, 0.2) is 0 Å². The zero-order valence-electron chi connectivity index (χ0n) is 9.55. The minimum atomic E-state index is 0.765. The fraction of sp³-hybridized carbons (Fsp3) is 1.00. The lowest BCUT2D eigenvalue weighted by Crippen LogP contribution is -2.29. The van der Waals surface area contributed by atoms with E-state index in [0.717, 1.165) is 12.0 Å². The van der Waals surface area contributed by atoms with Crippen LogP contribution in [0.2, 0.25) is 0 Å². The molecule has 1 fully saturated rings. The van der Waals surface area contributed by atoms with Crippen LogP contribution >= 0.6 is 0 Å². The molecule has 0 heterocycles. The second kappa shape index (κ2) is 5.64. The van der Waals surface area contributed by atoms with Gasteiger partial charge in [0.15, 0.2) is 0 Å². The lowest BCUT2D eigenvalue weighted by molar-refractivity contribution is 0.246. The number of hydrogen-bond donors (Lipinski definition) is 0. The molecule has 0 saturated heterocycles. The van der Waals surface area contributed by atoms with E-state index in [4.69, 9.17) is 0 Å². The van der Waals surface area contributed by atoms with Crippen LogP contribution in [0.5, 0.6) is 0 Å². The minimum absolute atomic E-state index is 0.765. The summed E-state index contributed by atoms with van der Waals surface area (Å²) in [6.07, 6.45) is 8.65. The summed E-state index contributed by atoms with van der Waals surface area (Å²) in [6.45, 7) is 5.88. The van der Waals surface area contributed by atoms with Gasteiger partial charge in [0.25, 0.3) is 0 Å². The molecule has 1 nitrogen and oxygen atoms in total. The van der Waals surface area contributed by atoms with Crippen molar-refractivity contribution in [3.8, 4) is 0 Å². The number of rotatable bonds is 7. The molecule has 0 aromatic carbocycles. The molecule has 0 spiro atoms. The minimum Gasteiger partial charge on any atom is -0.304 e. The zero-order valence-corrected chi connectivity index (χ0v) is 9.55. The van der Waals surface area contributed by atoms with Gasteiger partial charge in [0, 0.05) is 6.04 Å². The third kappa shape index (κ3) is 4.66. The summed E-state index contributed by atoms with van der Waals surface area (Å²) < 4.78 is 0. The topological polar surface area (TPSA) is 3.24 Å². The van der Waals surface area contributed by atoms with Gasteiger partial charge in [-0.15, -0.1) is 0 Å². The average Bonchev–Trinajstić information content (AvgIpc) is 2.94. The molecule has 1 aliphatic carbocycles. The Labute approximate surface area is 83.5 Å². The summed E-state index contributed by atoms with van der Waals surface area (Å²) >= 11 is 0. The van der Waals surface area contributed by atoms with Gasteiger partial charge in [-0.3, -0.25) is 0 Å². The molecule has 78 valence electrons. The molecule has 13 heavy (non-hydrogen) atoms. The highest BCUT2D eigenvalue weighted by molar-refractivity contribution is 4.73. The van der Waals surface area contributed by atoms with Crippen LogP contribution in [-0.2, 0) is 0 Å². The van der Waals surface area contributed by atoms with E-state index in [2.05, 4.69) is 25.8 Å². The fourth-order valence-electron chi connectivity index (χ4n) is 1.73. The summed E-state index contributed by atoms with van der Waals surface area (Å²) in [5.74, 6) is 1.12. The predicted molar refractivity (Wildman–Crippen MR) is 59.0 cm³/mol. The van der Waals surface area contributed by atoms with Crippen LogP contribution in [0.3, 0.4) is 0 Å². The van der Waals surface area contributed by atoms with E-state index < -0.39 is 0 Å². The van der Waals surface area contributed by atoms with Crippen molar-refractivity contribution in [3.63, 3.8) is 0 Å². The van der Waals surface area contributed by atoms with Crippen LogP contribution in [0.4, 0.5) is 0 Å². The molecule has 0 amide bonds. The first-order valence-electron chi connectivity index (χ1n) is 5.94. The van der Waals surface area contributed by atoms with Crippen LogP contribution < -0.4 is 0 Å². The van der Waals surface area contributed by atoms with Gasteiger partial charge in [-0.1, -0.05) is 32.6 Å². The largest absolute Gasteiger partial charge is 0.304 e. The molecule has 1 unspecified atom stereocenters. The second-order valence-corrected chi connectivity index (χ2v) is 4.68. The highest BCUT2D eigenvalue weighted by atomic mass is 15.1. The molecule has 0 aromatic rings. The quantitative estimate of drug-likeness (QED) is 0.547. The SMILES string of the molecule is CCC(C)N(C)CCCCC1CC1. The molecule has 1 atom stereocenters. The van der Waals surface area contributed by atoms with Crippen LogP contribution in [0, 0.1) is 5.92 Å². The van der Waals surface area contributed by atoms with Gasteiger partial charge < -0.3 is 4.90 Å². The Kier molecular flexibility index (Phi) is 4.79. The Balaban J connectivity index is 1.90. The highest BCUT2D eigenvalue weighted by Crippen LogP contribution is 2.33. The summed E-state index contributed by atoms with van der Waals surface area (Å²) in [7, 11) is 2.26. The maximum atomic E-state index is 2.49. The molecular formula is C12H25N. The Morgan fingerprint density at radius 3 is 2.54 bits per heavy atom. The molecule has 0 aliphatic heterocycles. The number of unbranched alkanes of at least 4 members (excludes halogenated alkanes) is 1. The third-order valence-electron chi connectivity index (χ3n) is 3.41. The van der Waals surface area contributed by atoms with Crippen LogP contribution in [-0.4, -0.2) is 24.5 Å². The lowest BCUT2D eigenvalue weighted by Gasteiger charge is -2.23. The summed E-state index contributed by atoms with van der Waals surface area (Å²) in [4.78, 5) is 2.49. The van der Waals surface area contributed by atoms with Crippen molar-refractivity contribution in [2.24, 2.45) is 5.92 Å². The number of hydrogen-bond acceptors (Lipinski definition) is 1. The Hall–Kier alpha value is -0.0400. The maximum Gasteiger partial charge on any atom is 0.00612 e. The van der Waals surface area contributed by atoms with E-state index in [0.29, 0.717) is 0 Å². The first-order chi connectivity index (χ1) is 6.24. The highest BCUT2D eigenvalue weighted by Gasteiger charge is 2.20. The standard InChI is InChI=1S/C12H25N/c1-4-11(2)13(3)10-6-5-7-12-8-9-12/h11-12H,4-10H2,1-3H3. The van der Waals surface area contributed by atoms with Gasteiger partial charge in [0.1, 0.15) is 0 Å². The zero-order chi connectivity index (χ0) is 9.68. The van der Waals surface area contributed by atoms with Crippen LogP contribution in [0.25, 0.3) is 0 Å². The molecule has 1 heteroatoms. The van der Waals surface area contributed by atoms with Gasteiger partial charge in [-0.2, -0.15) is 0 Å². The van der Waals surface area contributed by atoms with Gasteiger partial charge in [0.2, 0.25) is 0 Å². The van der Waals surface area contributed by atoms with E-state index in [-0.39, 0.29) is 0 Å². The molecule has 0 radical (unpaired) electrons. The normalized spacial score (nSPS) is 19.4. The number of nitrogens with zero attached hydrogens (tertiary/aromatic N) is 1. The van der Waals surface area contributed by atoms with Crippen molar-refractivity contribution in [1.82, 2.24) is 4.90 Å². The third-order valence-corrected chi connectivity index (χ3v) is 3.41. The Morgan fingerprint density at radius 1 is 1.31 bits per heavy atom. The first kappa shape index (κ1) is 11.0. The van der Waals surface area contributed by atoms with E-state index in [9.17, 15) is 0 Å². The Morgan fingerprint density at radius 2 is 2.00 bits per heavy atom. The van der Waals surface area contributed by atoms with Crippen LogP contribution in [0.1, 0.15) is 52.4 Å². The summed E-state index contributed by atoms with van der Waals surface area (Å²) in [5.41, 5.74) is 0. The summed E-state index contributed by atoms with van der Waals surface area (Å²) in [5, 5.41) is 0. The van der Waals surface area contributed by atoms with Crippen molar-refractivity contribution < 1.29 is 0 Å². The van der Waals surface area contributed by atoms with Gasteiger partial charge >= 0.3 is 0 Å². The average molecular weight is 183 g/mol. The molecule has 0 aromatic heterocycles. The van der Waals surface area contributed by atoms with Gasteiger partial charge in [0.05, 0.1) is 0 Å². The van der Waals surface area contributed by atoms with Crippen molar-refractivity contribution in [2.75, 3.05) is 13.6 Å². The van der Waals surface area contributed by atoms with Crippen molar-refractivity contribution in [2.45, 2.75) is 58.4 Å². The molecule has 0 bridgehead atoms. The van der Waals surface area contributed by atoms with Crippen molar-refractivity contribution in [3.05, 3.63) is 0 Å². The molecular weight excluding hydrogens is 158 g/mol. The molecule has 0 N–H and O–H groups in total. The molecule has 1 saturated carbocycles. The molecule has 1 rings (SSSR count). The Bertz CT molecular complexity index is 129. The predicted octanol–water partition coefficient (Wildman–Crippen LogP) is 3.30. The van der Waals surface area contributed by atoms with Gasteiger partial charge in [-0.25, -0.2) is 0 Å². The summed E-state index contributed by atoms with van der Waals surface area (Å²) in [6, 6.07) is 0.765. The first-order valence-corrected chi connectivity index (χ1v) is 5.94. The van der Waals surface area contributed by atoms with Gasteiger partial charge in [-0.05, 0) is 39.3 Å². The van der Waals surface area contributed by atoms with E-state index >= 15 is 0 Å². The smallest absolute Gasteiger partial charge is 0.00612 e.